The number of nitrogens with one attached hydrogen (secondary N) is 2. The van der Waals surface area contributed by atoms with Crippen molar-refractivity contribution in [3.63, 3.8) is 0 Å². The van der Waals surface area contributed by atoms with Gasteiger partial charge in [-0.3, -0.25) is 4.79 Å². The van der Waals surface area contributed by atoms with Gasteiger partial charge in [-0.05, 0) is 42.8 Å². The Labute approximate surface area is 167 Å². The Balaban J connectivity index is 1.93. The predicted molar refractivity (Wildman–Crippen MR) is 113 cm³/mol. The molecule has 1 saturated heterocycles. The molecule has 5 nitrogen and oxygen atoms in total. The molecular formula is C23H32N2O3. The Morgan fingerprint density at radius 2 is 2.07 bits per heavy atom. The molecule has 2 aromatic carbocycles. The zero-order valence-corrected chi connectivity index (χ0v) is 17.1. The summed E-state index contributed by atoms with van der Waals surface area (Å²) in [6, 6.07) is 10.4. The van der Waals surface area contributed by atoms with Crippen molar-refractivity contribution in [1.29, 1.82) is 0 Å². The summed E-state index contributed by atoms with van der Waals surface area (Å²) < 4.78 is 11.2. The highest BCUT2D eigenvalue weighted by Crippen LogP contribution is 2.33. The third-order valence-corrected chi connectivity index (χ3v) is 5.25. The van der Waals surface area contributed by atoms with Gasteiger partial charge in [-0.1, -0.05) is 37.6 Å². The Morgan fingerprint density at radius 1 is 1.25 bits per heavy atom. The third-order valence-electron chi connectivity index (χ3n) is 5.25. The summed E-state index contributed by atoms with van der Waals surface area (Å²) in [6.07, 6.45) is 4.80. The van der Waals surface area contributed by atoms with E-state index in [1.807, 2.05) is 18.2 Å². The summed E-state index contributed by atoms with van der Waals surface area (Å²) in [5.74, 6) is 0.781. The fourth-order valence-corrected chi connectivity index (χ4v) is 3.87. The highest BCUT2D eigenvalue weighted by Gasteiger charge is 2.21. The highest BCUT2D eigenvalue weighted by atomic mass is 16.5. The van der Waals surface area contributed by atoms with E-state index < -0.39 is 0 Å². The molecule has 1 aliphatic rings. The smallest absolute Gasteiger partial charge is 0.251 e. The summed E-state index contributed by atoms with van der Waals surface area (Å²) in [5, 5.41) is 8.77. The van der Waals surface area contributed by atoms with Gasteiger partial charge in [0, 0.05) is 43.7 Å². The van der Waals surface area contributed by atoms with Crippen molar-refractivity contribution >= 4 is 16.7 Å². The second-order valence-corrected chi connectivity index (χ2v) is 7.41. The lowest BCUT2D eigenvalue weighted by atomic mass is 9.94. The number of ether oxygens (including phenoxy) is 2. The highest BCUT2D eigenvalue weighted by molar-refractivity contribution is 6.04. The summed E-state index contributed by atoms with van der Waals surface area (Å²) in [5.41, 5.74) is 1.86. The van der Waals surface area contributed by atoms with Gasteiger partial charge in [-0.15, -0.1) is 0 Å². The minimum Gasteiger partial charge on any atom is -0.493 e. The Hall–Kier alpha value is -2.11. The first-order valence-corrected chi connectivity index (χ1v) is 10.4. The molecule has 2 aromatic rings. The molecular weight excluding hydrogens is 352 g/mol. The molecule has 0 spiro atoms. The van der Waals surface area contributed by atoms with Crippen LogP contribution in [0.3, 0.4) is 0 Å². The van der Waals surface area contributed by atoms with Crippen LogP contribution in [0.4, 0.5) is 0 Å². The Bertz CT molecular complexity index is 785. The summed E-state index contributed by atoms with van der Waals surface area (Å²) >= 11 is 0. The maximum atomic E-state index is 13.2. The number of piperidine rings is 1. The van der Waals surface area contributed by atoms with Gasteiger partial charge in [-0.2, -0.15) is 0 Å². The Morgan fingerprint density at radius 3 is 2.79 bits per heavy atom. The number of amides is 1. The van der Waals surface area contributed by atoms with Gasteiger partial charge in [0.1, 0.15) is 5.75 Å². The van der Waals surface area contributed by atoms with Gasteiger partial charge >= 0.3 is 0 Å². The van der Waals surface area contributed by atoms with Crippen LogP contribution in [0.15, 0.2) is 30.3 Å². The monoisotopic (exact) mass is 384 g/mol. The summed E-state index contributed by atoms with van der Waals surface area (Å²) in [6.45, 7) is 5.24. The molecule has 5 heteroatoms. The number of methoxy groups -OCH3 is 1. The predicted octanol–water partition coefficient (Wildman–Crippen LogP) is 3.69. The molecule has 0 radical (unpaired) electrons. The van der Waals surface area contributed by atoms with Gasteiger partial charge in [0.05, 0.1) is 6.61 Å². The molecule has 1 atom stereocenters. The van der Waals surface area contributed by atoms with Crippen LogP contribution in [-0.2, 0) is 11.2 Å². The van der Waals surface area contributed by atoms with Gasteiger partial charge in [0.2, 0.25) is 0 Å². The normalized spacial score (nSPS) is 16.9. The fraction of sp³-hybridized carbons (Fsp3) is 0.522. The summed E-state index contributed by atoms with van der Waals surface area (Å²) in [7, 11) is 1.69. The largest absolute Gasteiger partial charge is 0.493 e. The molecule has 152 valence electrons. The molecule has 0 saturated carbocycles. The first kappa shape index (κ1) is 20.6. The topological polar surface area (TPSA) is 59.6 Å². The van der Waals surface area contributed by atoms with E-state index >= 15 is 0 Å². The van der Waals surface area contributed by atoms with Crippen LogP contribution < -0.4 is 15.4 Å². The van der Waals surface area contributed by atoms with E-state index in [1.165, 1.54) is 0 Å². The molecule has 28 heavy (non-hydrogen) atoms. The van der Waals surface area contributed by atoms with Crippen molar-refractivity contribution < 1.29 is 14.3 Å². The molecule has 1 aliphatic heterocycles. The number of carbonyl (C=O) groups is 1. The van der Waals surface area contributed by atoms with Gasteiger partial charge in [0.15, 0.2) is 0 Å². The van der Waals surface area contributed by atoms with Crippen LogP contribution in [0.1, 0.15) is 48.5 Å². The molecule has 0 aromatic heterocycles. The maximum Gasteiger partial charge on any atom is 0.251 e. The fourth-order valence-electron chi connectivity index (χ4n) is 3.87. The van der Waals surface area contributed by atoms with Crippen LogP contribution in [0.5, 0.6) is 5.75 Å². The number of rotatable bonds is 9. The molecule has 3 rings (SSSR count). The van der Waals surface area contributed by atoms with E-state index in [2.05, 4.69) is 29.7 Å². The lowest BCUT2D eigenvalue weighted by molar-refractivity contribution is 0.0929. The minimum absolute atomic E-state index is 0.00430. The quantitative estimate of drug-likeness (QED) is 0.648. The van der Waals surface area contributed by atoms with Crippen LogP contribution in [0.2, 0.25) is 0 Å². The second-order valence-electron chi connectivity index (χ2n) is 7.41. The van der Waals surface area contributed by atoms with E-state index in [0.717, 1.165) is 72.8 Å². The third kappa shape index (κ3) is 5.03. The van der Waals surface area contributed by atoms with Crippen LogP contribution in [0.25, 0.3) is 10.8 Å². The molecule has 0 bridgehead atoms. The van der Waals surface area contributed by atoms with E-state index in [9.17, 15) is 4.79 Å². The number of hydrogen-bond donors (Lipinski definition) is 2. The molecule has 0 aliphatic carbocycles. The van der Waals surface area contributed by atoms with Crippen molar-refractivity contribution in [3.05, 3.63) is 41.5 Å². The summed E-state index contributed by atoms with van der Waals surface area (Å²) in [4.78, 5) is 13.2. The molecule has 1 fully saturated rings. The van der Waals surface area contributed by atoms with Crippen LogP contribution in [-0.4, -0.2) is 45.4 Å². The van der Waals surface area contributed by atoms with Gasteiger partial charge < -0.3 is 20.1 Å². The van der Waals surface area contributed by atoms with Gasteiger partial charge in [-0.25, -0.2) is 0 Å². The first-order chi connectivity index (χ1) is 13.7. The van der Waals surface area contributed by atoms with E-state index in [4.69, 9.17) is 9.47 Å². The van der Waals surface area contributed by atoms with Gasteiger partial charge in [0.25, 0.3) is 5.91 Å². The number of hydrogen-bond acceptors (Lipinski definition) is 4. The van der Waals surface area contributed by atoms with Crippen LogP contribution >= 0.6 is 0 Å². The average Bonchev–Trinajstić information content (AvgIpc) is 2.73. The lowest BCUT2D eigenvalue weighted by Gasteiger charge is -2.25. The number of aryl methyl sites for hydroxylation is 1. The zero-order chi connectivity index (χ0) is 19.8. The van der Waals surface area contributed by atoms with Crippen molar-refractivity contribution in [2.75, 3.05) is 33.4 Å². The van der Waals surface area contributed by atoms with Crippen molar-refractivity contribution in [3.8, 4) is 5.75 Å². The minimum atomic E-state index is 0.00430. The van der Waals surface area contributed by atoms with Crippen molar-refractivity contribution in [1.82, 2.24) is 10.6 Å². The van der Waals surface area contributed by atoms with Crippen molar-refractivity contribution in [2.45, 2.75) is 45.1 Å². The van der Waals surface area contributed by atoms with Crippen molar-refractivity contribution in [2.24, 2.45) is 0 Å². The first-order valence-electron chi connectivity index (χ1n) is 10.4. The number of fused-ring (bicyclic) bond motifs is 1. The van der Waals surface area contributed by atoms with E-state index in [-0.39, 0.29) is 11.9 Å². The lowest BCUT2D eigenvalue weighted by Crippen LogP contribution is -2.45. The molecule has 1 heterocycles. The average molecular weight is 385 g/mol. The van der Waals surface area contributed by atoms with E-state index in [0.29, 0.717) is 13.2 Å². The standard InChI is InChI=1S/C23H32N2O3/c1-3-8-18-19-10-4-5-11-20(19)22(28-14-7-13-27-2)15-21(18)23(26)25-17-9-6-12-24-16-17/h4-5,10-11,15,17,24H,3,6-9,12-14,16H2,1-2H3,(H,25,26)/t17-/m1/s1. The maximum absolute atomic E-state index is 13.2. The molecule has 2 N–H and O–H groups in total. The number of benzene rings is 2. The van der Waals surface area contributed by atoms with Crippen LogP contribution in [0, 0.1) is 0 Å². The Kier molecular flexibility index (Phi) is 7.69. The SMILES string of the molecule is CCCc1c(C(=O)N[C@@H]2CCCNC2)cc(OCCCOC)c2ccccc12. The number of carbonyl (C=O) groups excluding carboxylic acids is 1. The van der Waals surface area contributed by atoms with E-state index in [1.54, 1.807) is 7.11 Å². The molecule has 1 amide bonds. The zero-order valence-electron chi connectivity index (χ0n) is 17.1. The second kappa shape index (κ2) is 10.4. The molecule has 0 unspecified atom stereocenters.